The van der Waals surface area contributed by atoms with Crippen LogP contribution >= 0.6 is 11.8 Å². The molecule has 3 saturated heterocycles. The van der Waals surface area contributed by atoms with E-state index < -0.39 is 0 Å². The summed E-state index contributed by atoms with van der Waals surface area (Å²) in [5, 5.41) is 12.2. The first-order valence-corrected chi connectivity index (χ1v) is 10.3. The second-order valence-electron chi connectivity index (χ2n) is 7.38. The molecule has 2 aromatic rings. The van der Waals surface area contributed by atoms with Gasteiger partial charge in [-0.15, -0.1) is 0 Å². The maximum Gasteiger partial charge on any atom is 0.251 e. The fourth-order valence-electron chi connectivity index (χ4n) is 4.19. The van der Waals surface area contributed by atoms with Gasteiger partial charge in [0.25, 0.3) is 5.91 Å². The molecular weight excluding hydrogens is 354 g/mol. The normalized spacial score (nSPS) is 26.4. The van der Waals surface area contributed by atoms with Gasteiger partial charge in [0.05, 0.1) is 11.6 Å². The molecule has 5 rings (SSSR count). The van der Waals surface area contributed by atoms with Crippen molar-refractivity contribution < 1.29 is 4.79 Å². The molecule has 0 spiro atoms. The molecule has 0 radical (unpaired) electrons. The van der Waals surface area contributed by atoms with Gasteiger partial charge in [-0.2, -0.15) is 5.26 Å². The van der Waals surface area contributed by atoms with Gasteiger partial charge in [0.15, 0.2) is 0 Å². The number of amides is 1. The Balaban J connectivity index is 1.39. The first kappa shape index (κ1) is 18.1. The number of nitrogens with zero attached hydrogens (tertiary/aromatic N) is 2. The minimum Gasteiger partial charge on any atom is -0.347 e. The minimum atomic E-state index is 0.0236. The predicted octanol–water partition coefficient (Wildman–Crippen LogP) is 3.92. The number of carbonyl (C=O) groups is 1. The molecule has 2 bridgehead atoms. The second-order valence-corrected chi connectivity index (χ2v) is 8.52. The van der Waals surface area contributed by atoms with Gasteiger partial charge < -0.3 is 5.32 Å². The van der Waals surface area contributed by atoms with Crippen LogP contribution in [0.25, 0.3) is 0 Å². The van der Waals surface area contributed by atoms with Crippen LogP contribution in [0.5, 0.6) is 0 Å². The predicted molar refractivity (Wildman–Crippen MR) is 107 cm³/mol. The molecule has 0 aromatic heterocycles. The van der Waals surface area contributed by atoms with Gasteiger partial charge in [0.2, 0.25) is 0 Å². The monoisotopic (exact) mass is 377 g/mol. The van der Waals surface area contributed by atoms with E-state index in [1.807, 2.05) is 48.5 Å². The average molecular weight is 378 g/mol. The first-order valence-electron chi connectivity index (χ1n) is 9.47. The Morgan fingerprint density at radius 3 is 2.22 bits per heavy atom. The molecule has 5 heteroatoms. The van der Waals surface area contributed by atoms with Crippen LogP contribution in [0.3, 0.4) is 0 Å². The number of fused-ring (bicyclic) bond motifs is 3. The summed E-state index contributed by atoms with van der Waals surface area (Å²) in [6.07, 6.45) is 2.38. The zero-order chi connectivity index (χ0) is 18.8. The van der Waals surface area contributed by atoms with Crippen molar-refractivity contribution in [2.24, 2.45) is 5.92 Å². The van der Waals surface area contributed by atoms with E-state index in [0.29, 0.717) is 23.1 Å². The van der Waals surface area contributed by atoms with Crippen molar-refractivity contribution in [1.29, 1.82) is 5.26 Å². The number of hydrogen-bond donors (Lipinski definition) is 1. The van der Waals surface area contributed by atoms with Crippen molar-refractivity contribution in [1.82, 2.24) is 10.2 Å². The standard InChI is InChI=1S/C22H23N3OS/c1-15-21(17-10-12-25(15)13-11-17)24-22(26)18-4-8-20(9-5-18)27-19-6-2-16(14-23)3-7-19/h2-9,15,17,21H,10-13H2,1H3,(H,24,26). The summed E-state index contributed by atoms with van der Waals surface area (Å²) >= 11 is 1.63. The van der Waals surface area contributed by atoms with E-state index in [0.717, 1.165) is 9.79 Å². The highest BCUT2D eigenvalue weighted by Crippen LogP contribution is 2.32. The van der Waals surface area contributed by atoms with Crippen molar-refractivity contribution >= 4 is 17.7 Å². The van der Waals surface area contributed by atoms with E-state index >= 15 is 0 Å². The summed E-state index contributed by atoms with van der Waals surface area (Å²) in [4.78, 5) is 17.3. The Kier molecular flexibility index (Phi) is 5.20. The van der Waals surface area contributed by atoms with Crippen molar-refractivity contribution in [2.45, 2.75) is 41.6 Å². The van der Waals surface area contributed by atoms with Gasteiger partial charge in [-0.25, -0.2) is 0 Å². The fraction of sp³-hybridized carbons (Fsp3) is 0.364. The molecule has 1 N–H and O–H groups in total. The van der Waals surface area contributed by atoms with Gasteiger partial charge >= 0.3 is 0 Å². The van der Waals surface area contributed by atoms with Crippen molar-refractivity contribution in [3.63, 3.8) is 0 Å². The van der Waals surface area contributed by atoms with Crippen LogP contribution in [0, 0.1) is 17.2 Å². The van der Waals surface area contributed by atoms with Crippen LogP contribution in [0.4, 0.5) is 0 Å². The zero-order valence-corrected chi connectivity index (χ0v) is 16.2. The summed E-state index contributed by atoms with van der Waals surface area (Å²) in [5.41, 5.74) is 1.37. The minimum absolute atomic E-state index is 0.0236. The van der Waals surface area contributed by atoms with E-state index in [1.54, 1.807) is 11.8 Å². The van der Waals surface area contributed by atoms with Crippen LogP contribution in [-0.4, -0.2) is 36.0 Å². The molecular formula is C22H23N3OS. The topological polar surface area (TPSA) is 56.1 Å². The molecule has 0 aliphatic carbocycles. The first-order chi connectivity index (χ1) is 13.1. The molecule has 2 unspecified atom stereocenters. The average Bonchev–Trinajstić information content (AvgIpc) is 2.72. The Labute approximate surface area is 164 Å². The third kappa shape index (κ3) is 3.87. The van der Waals surface area contributed by atoms with E-state index in [2.05, 4.69) is 23.2 Å². The smallest absolute Gasteiger partial charge is 0.251 e. The Hall–Kier alpha value is -2.29. The largest absolute Gasteiger partial charge is 0.347 e. The lowest BCUT2D eigenvalue weighted by Crippen LogP contribution is -2.62. The number of benzene rings is 2. The molecule has 3 aliphatic rings. The molecule has 3 heterocycles. The Morgan fingerprint density at radius 2 is 1.67 bits per heavy atom. The van der Waals surface area contributed by atoms with Gasteiger partial charge in [0, 0.05) is 27.4 Å². The van der Waals surface area contributed by atoms with E-state index in [9.17, 15) is 4.79 Å². The Bertz CT molecular complexity index is 847. The molecule has 3 fully saturated rings. The lowest BCUT2D eigenvalue weighted by atomic mass is 9.79. The van der Waals surface area contributed by atoms with Crippen molar-refractivity contribution in [2.75, 3.05) is 13.1 Å². The molecule has 27 heavy (non-hydrogen) atoms. The van der Waals surface area contributed by atoms with E-state index in [1.165, 1.54) is 25.9 Å². The third-order valence-electron chi connectivity index (χ3n) is 5.81. The SMILES string of the molecule is CC1C(NC(=O)c2ccc(Sc3ccc(C#N)cc3)cc2)C2CCN1CC2. The van der Waals surface area contributed by atoms with Gasteiger partial charge in [0.1, 0.15) is 0 Å². The quantitative estimate of drug-likeness (QED) is 0.877. The number of carbonyl (C=O) groups excluding carboxylic acids is 1. The molecule has 3 aliphatic heterocycles. The lowest BCUT2D eigenvalue weighted by molar-refractivity contribution is 0.0217. The summed E-state index contributed by atoms with van der Waals surface area (Å²) < 4.78 is 0. The van der Waals surface area contributed by atoms with Gasteiger partial charge in [-0.1, -0.05) is 11.8 Å². The summed E-state index contributed by atoms with van der Waals surface area (Å²) in [6, 6.07) is 18.1. The lowest BCUT2D eigenvalue weighted by Gasteiger charge is -2.49. The van der Waals surface area contributed by atoms with Gasteiger partial charge in [-0.3, -0.25) is 9.69 Å². The molecule has 1 amide bonds. The molecule has 2 atom stereocenters. The highest BCUT2D eigenvalue weighted by atomic mass is 32.2. The van der Waals surface area contributed by atoms with Gasteiger partial charge in [-0.05, 0) is 87.3 Å². The second kappa shape index (κ2) is 7.75. The molecule has 4 nitrogen and oxygen atoms in total. The van der Waals surface area contributed by atoms with Crippen LogP contribution in [0.1, 0.15) is 35.7 Å². The Morgan fingerprint density at radius 1 is 1.07 bits per heavy atom. The number of nitriles is 1. The highest BCUT2D eigenvalue weighted by molar-refractivity contribution is 7.99. The maximum atomic E-state index is 12.7. The van der Waals surface area contributed by atoms with Crippen LogP contribution in [-0.2, 0) is 0 Å². The zero-order valence-electron chi connectivity index (χ0n) is 15.4. The number of hydrogen-bond acceptors (Lipinski definition) is 4. The highest BCUT2D eigenvalue weighted by Gasteiger charge is 2.40. The third-order valence-corrected chi connectivity index (χ3v) is 6.83. The van der Waals surface area contributed by atoms with E-state index in [-0.39, 0.29) is 11.9 Å². The van der Waals surface area contributed by atoms with E-state index in [4.69, 9.17) is 5.26 Å². The number of nitrogens with one attached hydrogen (secondary N) is 1. The summed E-state index contributed by atoms with van der Waals surface area (Å²) in [7, 11) is 0. The molecule has 0 saturated carbocycles. The molecule has 2 aromatic carbocycles. The van der Waals surface area contributed by atoms with Crippen molar-refractivity contribution in [3.8, 4) is 6.07 Å². The number of piperidine rings is 3. The van der Waals surface area contributed by atoms with Crippen LogP contribution < -0.4 is 5.32 Å². The maximum absolute atomic E-state index is 12.7. The van der Waals surface area contributed by atoms with Crippen molar-refractivity contribution in [3.05, 3.63) is 59.7 Å². The summed E-state index contributed by atoms with van der Waals surface area (Å²) in [6.45, 7) is 4.56. The molecule has 138 valence electrons. The van der Waals surface area contributed by atoms with Crippen LogP contribution in [0.2, 0.25) is 0 Å². The summed E-state index contributed by atoms with van der Waals surface area (Å²) in [5.74, 6) is 0.635. The fourth-order valence-corrected chi connectivity index (χ4v) is 5.00. The van der Waals surface area contributed by atoms with Crippen LogP contribution in [0.15, 0.2) is 58.3 Å². The number of rotatable bonds is 4.